The molecule has 0 fully saturated rings. The molecule has 1 unspecified atom stereocenters. The Morgan fingerprint density at radius 2 is 1.85 bits per heavy atom. The van der Waals surface area contributed by atoms with Crippen LogP contribution in [0.3, 0.4) is 0 Å². The van der Waals surface area contributed by atoms with Gasteiger partial charge in [0.25, 0.3) is 0 Å². The highest BCUT2D eigenvalue weighted by molar-refractivity contribution is 6.03. The van der Waals surface area contributed by atoms with Crippen molar-refractivity contribution >= 4 is 11.8 Å². The first-order valence-electron chi connectivity index (χ1n) is 7.94. The van der Waals surface area contributed by atoms with E-state index in [0.29, 0.717) is 0 Å². The lowest BCUT2D eigenvalue weighted by molar-refractivity contribution is -0.138. The quantitative estimate of drug-likeness (QED) is 0.529. The molecule has 1 aliphatic rings. The van der Waals surface area contributed by atoms with Crippen molar-refractivity contribution in [2.45, 2.75) is 32.9 Å². The number of esters is 1. The number of rotatable bonds is 3. The number of halogens is 4. The van der Waals surface area contributed by atoms with Crippen molar-refractivity contribution in [3.63, 3.8) is 0 Å². The monoisotopic (exact) mass is 382 g/mol. The average Bonchev–Trinajstić information content (AvgIpc) is 2.89. The third-order valence-electron chi connectivity index (χ3n) is 4.34. The summed E-state index contributed by atoms with van der Waals surface area (Å²) in [6, 6.07) is 6.98. The van der Waals surface area contributed by atoms with E-state index in [4.69, 9.17) is 4.74 Å². The van der Waals surface area contributed by atoms with Crippen molar-refractivity contribution in [1.82, 2.24) is 0 Å². The molecule has 0 aromatic heterocycles. The van der Waals surface area contributed by atoms with Crippen LogP contribution >= 0.6 is 0 Å². The maximum Gasteiger partial charge on any atom is 0.416 e. The Balaban J connectivity index is 0.00000261. The van der Waals surface area contributed by atoms with Gasteiger partial charge in [0.05, 0.1) is 17.7 Å². The van der Waals surface area contributed by atoms with E-state index in [1.54, 1.807) is 6.92 Å². The van der Waals surface area contributed by atoms with Gasteiger partial charge in [-0.25, -0.2) is 9.18 Å². The Morgan fingerprint density at radius 3 is 2.48 bits per heavy atom. The summed E-state index contributed by atoms with van der Waals surface area (Å²) in [5.74, 6) is -3.21. The second-order valence-corrected chi connectivity index (χ2v) is 5.90. The van der Waals surface area contributed by atoms with Gasteiger partial charge in [0.2, 0.25) is 0 Å². The highest BCUT2D eigenvalue weighted by atomic mass is 19.4. The minimum Gasteiger partial charge on any atom is -0.462 e. The maximum absolute atomic E-state index is 14.2. The summed E-state index contributed by atoms with van der Waals surface area (Å²) in [7, 11) is 0. The number of ketones is 1. The third-order valence-corrected chi connectivity index (χ3v) is 4.34. The van der Waals surface area contributed by atoms with Gasteiger partial charge >= 0.3 is 12.1 Å². The molecule has 1 atom stereocenters. The van der Waals surface area contributed by atoms with Crippen molar-refractivity contribution in [3.8, 4) is 0 Å². The molecule has 2 aromatic rings. The van der Waals surface area contributed by atoms with Gasteiger partial charge in [-0.1, -0.05) is 25.6 Å². The lowest BCUT2D eigenvalue weighted by Gasteiger charge is -2.18. The molecule has 3 rings (SSSR count). The van der Waals surface area contributed by atoms with Crippen molar-refractivity contribution in [2.75, 3.05) is 6.61 Å². The molecule has 0 amide bonds. The summed E-state index contributed by atoms with van der Waals surface area (Å²) >= 11 is 0. The highest BCUT2D eigenvalue weighted by Gasteiger charge is 2.39. The summed E-state index contributed by atoms with van der Waals surface area (Å²) < 4.78 is 58.9. The second-order valence-electron chi connectivity index (χ2n) is 5.90. The fourth-order valence-electron chi connectivity index (χ4n) is 3.23. The van der Waals surface area contributed by atoms with E-state index >= 15 is 0 Å². The number of hydrogen-bond acceptors (Lipinski definition) is 3. The van der Waals surface area contributed by atoms with Gasteiger partial charge in [0, 0.05) is 17.9 Å². The molecule has 0 N–H and O–H groups in total. The van der Waals surface area contributed by atoms with Crippen molar-refractivity contribution in [3.05, 3.63) is 70.0 Å². The second kappa shape index (κ2) is 7.50. The van der Waals surface area contributed by atoms with E-state index in [2.05, 4.69) is 0 Å². The minimum absolute atomic E-state index is 0. The molecular formula is C20H18F4O3. The molecule has 2 aromatic carbocycles. The summed E-state index contributed by atoms with van der Waals surface area (Å²) in [5.41, 5.74) is -1.12. The Hall–Kier alpha value is -2.70. The van der Waals surface area contributed by atoms with E-state index < -0.39 is 40.8 Å². The summed E-state index contributed by atoms with van der Waals surface area (Å²) in [4.78, 5) is 24.1. The van der Waals surface area contributed by atoms with Gasteiger partial charge in [0.15, 0.2) is 5.78 Å². The van der Waals surface area contributed by atoms with Crippen LogP contribution in [0, 0.1) is 5.82 Å². The molecule has 3 nitrogen and oxygen atoms in total. The summed E-state index contributed by atoms with van der Waals surface area (Å²) in [6.07, 6.45) is -4.81. The fraction of sp³-hybridized carbons (Fsp3) is 0.300. The van der Waals surface area contributed by atoms with E-state index in [1.165, 1.54) is 18.2 Å². The zero-order chi connectivity index (χ0) is 19.1. The molecule has 1 aliphatic carbocycles. The highest BCUT2D eigenvalue weighted by Crippen LogP contribution is 2.44. The number of hydrogen-bond donors (Lipinski definition) is 0. The predicted octanol–water partition coefficient (Wildman–Crippen LogP) is 5.38. The Labute approximate surface area is 154 Å². The van der Waals surface area contributed by atoms with Crippen LogP contribution in [-0.4, -0.2) is 18.4 Å². The van der Waals surface area contributed by atoms with Crippen LogP contribution in [0.25, 0.3) is 0 Å². The van der Waals surface area contributed by atoms with Gasteiger partial charge in [-0.05, 0) is 36.2 Å². The SMILES string of the molecule is C.CCOC(=O)c1cc2c(cc1F)C(=O)CC2c1ccccc1C(F)(F)F. The molecular weight excluding hydrogens is 364 g/mol. The first-order valence-corrected chi connectivity index (χ1v) is 7.94. The van der Waals surface area contributed by atoms with Gasteiger partial charge in [-0.3, -0.25) is 4.79 Å². The first kappa shape index (κ1) is 20.6. The lowest BCUT2D eigenvalue weighted by Crippen LogP contribution is -2.13. The molecule has 7 heteroatoms. The fourth-order valence-corrected chi connectivity index (χ4v) is 3.23. The van der Waals surface area contributed by atoms with Crippen molar-refractivity contribution in [2.24, 2.45) is 0 Å². The molecule has 0 saturated carbocycles. The molecule has 0 heterocycles. The Morgan fingerprint density at radius 1 is 1.19 bits per heavy atom. The third kappa shape index (κ3) is 3.72. The largest absolute Gasteiger partial charge is 0.462 e. The first-order chi connectivity index (χ1) is 12.2. The molecule has 0 radical (unpaired) electrons. The van der Waals surface area contributed by atoms with Crippen LogP contribution < -0.4 is 0 Å². The van der Waals surface area contributed by atoms with E-state index in [9.17, 15) is 27.2 Å². The van der Waals surface area contributed by atoms with E-state index in [1.807, 2.05) is 0 Å². The average molecular weight is 382 g/mol. The number of alkyl halides is 3. The van der Waals surface area contributed by atoms with Crippen LogP contribution in [0.4, 0.5) is 17.6 Å². The Bertz CT molecular complexity index is 887. The predicted molar refractivity (Wildman–Crippen MR) is 91.3 cm³/mol. The number of fused-ring (bicyclic) bond motifs is 1. The normalized spacial score (nSPS) is 15.9. The molecule has 0 aliphatic heterocycles. The van der Waals surface area contributed by atoms with Crippen LogP contribution in [0.2, 0.25) is 0 Å². The number of benzene rings is 2. The number of ether oxygens (including phenoxy) is 1. The van der Waals surface area contributed by atoms with Crippen LogP contribution in [0.1, 0.15) is 64.1 Å². The van der Waals surface area contributed by atoms with Crippen LogP contribution in [-0.2, 0) is 10.9 Å². The van der Waals surface area contributed by atoms with Crippen molar-refractivity contribution in [1.29, 1.82) is 0 Å². The van der Waals surface area contributed by atoms with Crippen molar-refractivity contribution < 1.29 is 31.9 Å². The van der Waals surface area contributed by atoms with Crippen LogP contribution in [0.5, 0.6) is 0 Å². The smallest absolute Gasteiger partial charge is 0.416 e. The van der Waals surface area contributed by atoms with Gasteiger partial charge in [0.1, 0.15) is 5.82 Å². The molecule has 0 spiro atoms. The zero-order valence-corrected chi connectivity index (χ0v) is 13.7. The Kier molecular flexibility index (Phi) is 5.73. The summed E-state index contributed by atoms with van der Waals surface area (Å²) in [6.45, 7) is 1.57. The van der Waals surface area contributed by atoms with E-state index in [-0.39, 0.29) is 37.1 Å². The topological polar surface area (TPSA) is 43.4 Å². The molecule has 0 bridgehead atoms. The number of carbonyl (C=O) groups is 2. The zero-order valence-electron chi connectivity index (χ0n) is 13.7. The standard InChI is InChI=1S/C19H14F4O3.CH4/c1-2-26-18(25)14-7-11-12(9-17(24)13(11)8-16(14)20)10-5-3-4-6-15(10)19(21,22)23;/h3-8,12H,2,9H2,1H3;1H4. The maximum atomic E-state index is 14.2. The van der Waals surface area contributed by atoms with Crippen LogP contribution in [0.15, 0.2) is 36.4 Å². The number of Topliss-reactive ketones (excluding diaryl/α,β-unsaturated/α-hetero) is 1. The lowest BCUT2D eigenvalue weighted by atomic mass is 9.88. The molecule has 27 heavy (non-hydrogen) atoms. The summed E-state index contributed by atoms with van der Waals surface area (Å²) in [5, 5.41) is 0. The minimum atomic E-state index is -4.59. The van der Waals surface area contributed by atoms with Gasteiger partial charge in [-0.15, -0.1) is 0 Å². The van der Waals surface area contributed by atoms with Gasteiger partial charge in [-0.2, -0.15) is 13.2 Å². The van der Waals surface area contributed by atoms with Gasteiger partial charge < -0.3 is 4.74 Å². The van der Waals surface area contributed by atoms with E-state index in [0.717, 1.165) is 18.2 Å². The molecule has 144 valence electrons. The number of carbonyl (C=O) groups excluding carboxylic acids is 2. The molecule has 0 saturated heterocycles.